The molecule has 1 heterocycles. The van der Waals surface area contributed by atoms with Gasteiger partial charge in [0.05, 0.1) is 0 Å². The number of nitrogens with one attached hydrogen (secondary N) is 1. The summed E-state index contributed by atoms with van der Waals surface area (Å²) in [4.78, 5) is 0. The molecule has 1 aromatic rings. The van der Waals surface area contributed by atoms with Crippen LogP contribution in [0.2, 0.25) is 0 Å². The Balaban J connectivity index is 2.18. The summed E-state index contributed by atoms with van der Waals surface area (Å²) in [7, 11) is 0. The number of hydrogen-bond acceptors (Lipinski definition) is 2. The first-order valence-electron chi connectivity index (χ1n) is 4.76. The second-order valence-electron chi connectivity index (χ2n) is 3.42. The van der Waals surface area contributed by atoms with E-state index in [1.54, 1.807) is 0 Å². The monoisotopic (exact) mass is 193 g/mol. The molecule has 13 heavy (non-hydrogen) atoms. The van der Waals surface area contributed by atoms with E-state index in [1.807, 2.05) is 0 Å². The average Bonchev–Trinajstić information content (AvgIpc) is 2.20. The van der Waals surface area contributed by atoms with Crippen LogP contribution in [-0.4, -0.2) is 18.8 Å². The molecule has 1 saturated heterocycles. The van der Waals surface area contributed by atoms with Gasteiger partial charge in [0.15, 0.2) is 0 Å². The molecule has 0 saturated carbocycles. The molecule has 0 spiro atoms. The van der Waals surface area contributed by atoms with E-state index >= 15 is 0 Å². The van der Waals surface area contributed by atoms with Crippen LogP contribution < -0.4 is 5.32 Å². The second-order valence-corrected chi connectivity index (χ2v) is 4.73. The fourth-order valence-electron chi connectivity index (χ4n) is 1.71. The third kappa shape index (κ3) is 2.06. The largest absolute Gasteiger partial charge is 0.314 e. The molecule has 1 atom stereocenters. The second kappa shape index (κ2) is 4.16. The first-order valence-corrected chi connectivity index (χ1v) is 5.80. The van der Waals surface area contributed by atoms with Gasteiger partial charge in [0.25, 0.3) is 0 Å². The van der Waals surface area contributed by atoms with Crippen molar-refractivity contribution in [2.45, 2.75) is 12.2 Å². The van der Waals surface area contributed by atoms with Crippen LogP contribution in [0.15, 0.2) is 24.3 Å². The Hall–Kier alpha value is -0.470. The van der Waals surface area contributed by atoms with Crippen molar-refractivity contribution in [3.63, 3.8) is 0 Å². The minimum Gasteiger partial charge on any atom is -0.314 e. The van der Waals surface area contributed by atoms with Gasteiger partial charge in [0.2, 0.25) is 0 Å². The van der Waals surface area contributed by atoms with E-state index in [0.29, 0.717) is 5.25 Å². The Morgan fingerprint density at radius 3 is 2.92 bits per heavy atom. The van der Waals surface area contributed by atoms with E-state index in [2.05, 4.69) is 48.3 Å². The maximum Gasteiger partial charge on any atom is 0.0424 e. The summed E-state index contributed by atoms with van der Waals surface area (Å²) in [6.45, 7) is 4.48. The first-order chi connectivity index (χ1) is 6.38. The van der Waals surface area contributed by atoms with Gasteiger partial charge in [-0.15, -0.1) is 0 Å². The Labute approximate surface area is 83.9 Å². The van der Waals surface area contributed by atoms with Gasteiger partial charge in [-0.3, -0.25) is 0 Å². The molecule has 0 bridgehead atoms. The van der Waals surface area contributed by atoms with Crippen molar-refractivity contribution in [1.82, 2.24) is 5.32 Å². The standard InChI is InChI=1S/C11H15NS/c1-9-4-2-3-5-10(9)11-8-12-6-7-13-11/h2-5,11-12H,6-8H2,1H3. The van der Waals surface area contributed by atoms with Gasteiger partial charge in [-0.25, -0.2) is 0 Å². The van der Waals surface area contributed by atoms with Crippen molar-refractivity contribution in [3.8, 4) is 0 Å². The number of rotatable bonds is 1. The van der Waals surface area contributed by atoms with E-state index in [-0.39, 0.29) is 0 Å². The van der Waals surface area contributed by atoms with Crippen molar-refractivity contribution in [2.24, 2.45) is 0 Å². The summed E-state index contributed by atoms with van der Waals surface area (Å²) in [6, 6.07) is 8.70. The van der Waals surface area contributed by atoms with E-state index in [0.717, 1.165) is 13.1 Å². The summed E-state index contributed by atoms with van der Waals surface area (Å²) < 4.78 is 0. The molecule has 0 aromatic heterocycles. The van der Waals surface area contributed by atoms with E-state index in [4.69, 9.17) is 0 Å². The average molecular weight is 193 g/mol. The first kappa shape index (κ1) is 9.10. The highest BCUT2D eigenvalue weighted by molar-refractivity contribution is 7.99. The Morgan fingerprint density at radius 2 is 2.23 bits per heavy atom. The molecular formula is C11H15NS. The summed E-state index contributed by atoms with van der Waals surface area (Å²) in [6.07, 6.45) is 0. The highest BCUT2D eigenvalue weighted by Gasteiger charge is 2.16. The molecular weight excluding hydrogens is 178 g/mol. The van der Waals surface area contributed by atoms with E-state index < -0.39 is 0 Å². The quantitative estimate of drug-likeness (QED) is 0.735. The van der Waals surface area contributed by atoms with Gasteiger partial charge in [-0.05, 0) is 18.1 Å². The zero-order valence-corrected chi connectivity index (χ0v) is 8.73. The molecule has 1 aromatic carbocycles. The highest BCUT2D eigenvalue weighted by atomic mass is 32.2. The number of benzene rings is 1. The fraction of sp³-hybridized carbons (Fsp3) is 0.455. The third-order valence-electron chi connectivity index (χ3n) is 2.46. The molecule has 2 rings (SSSR count). The molecule has 0 aliphatic carbocycles. The molecule has 1 aliphatic heterocycles. The summed E-state index contributed by atoms with van der Waals surface area (Å²) >= 11 is 2.07. The van der Waals surface area contributed by atoms with Crippen LogP contribution >= 0.6 is 11.8 Å². The van der Waals surface area contributed by atoms with Crippen LogP contribution in [0, 0.1) is 6.92 Å². The molecule has 0 amide bonds. The molecule has 0 radical (unpaired) electrons. The van der Waals surface area contributed by atoms with Crippen LogP contribution in [0.1, 0.15) is 16.4 Å². The molecule has 1 nitrogen and oxygen atoms in total. The highest BCUT2D eigenvalue weighted by Crippen LogP contribution is 2.31. The van der Waals surface area contributed by atoms with Crippen molar-refractivity contribution in [2.75, 3.05) is 18.8 Å². The number of thioether (sulfide) groups is 1. The van der Waals surface area contributed by atoms with Crippen LogP contribution in [0.25, 0.3) is 0 Å². The van der Waals surface area contributed by atoms with Gasteiger partial charge >= 0.3 is 0 Å². The lowest BCUT2D eigenvalue weighted by Crippen LogP contribution is -2.28. The zero-order valence-electron chi connectivity index (χ0n) is 7.92. The molecule has 1 unspecified atom stereocenters. The zero-order chi connectivity index (χ0) is 9.10. The minimum atomic E-state index is 0.662. The predicted molar refractivity (Wildman–Crippen MR) is 59.2 cm³/mol. The number of hydrogen-bond donors (Lipinski definition) is 1. The summed E-state index contributed by atoms with van der Waals surface area (Å²) in [5.74, 6) is 1.24. The smallest absolute Gasteiger partial charge is 0.0424 e. The van der Waals surface area contributed by atoms with Gasteiger partial charge in [-0.2, -0.15) is 11.8 Å². The lowest BCUT2D eigenvalue weighted by molar-refractivity contribution is 0.687. The van der Waals surface area contributed by atoms with Crippen LogP contribution in [0.3, 0.4) is 0 Å². The van der Waals surface area contributed by atoms with E-state index in [9.17, 15) is 0 Å². The van der Waals surface area contributed by atoms with Gasteiger partial charge < -0.3 is 5.32 Å². The van der Waals surface area contributed by atoms with Gasteiger partial charge in [0, 0.05) is 24.1 Å². The normalized spacial score (nSPS) is 23.0. The lowest BCUT2D eigenvalue weighted by Gasteiger charge is -2.23. The topological polar surface area (TPSA) is 12.0 Å². The maximum atomic E-state index is 3.44. The SMILES string of the molecule is Cc1ccccc1C1CNCCS1. The molecule has 1 fully saturated rings. The minimum absolute atomic E-state index is 0.662. The van der Waals surface area contributed by atoms with Crippen LogP contribution in [-0.2, 0) is 0 Å². The lowest BCUT2D eigenvalue weighted by atomic mass is 10.1. The Kier molecular flexibility index (Phi) is 2.91. The molecule has 1 aliphatic rings. The summed E-state index contributed by atoms with van der Waals surface area (Å²) in [5, 5.41) is 4.10. The Morgan fingerprint density at radius 1 is 1.38 bits per heavy atom. The molecule has 2 heteroatoms. The predicted octanol–water partition coefficient (Wildman–Crippen LogP) is 2.37. The van der Waals surface area contributed by atoms with Gasteiger partial charge in [0.1, 0.15) is 0 Å². The third-order valence-corrected chi connectivity index (χ3v) is 3.73. The van der Waals surface area contributed by atoms with Crippen molar-refractivity contribution in [3.05, 3.63) is 35.4 Å². The number of aryl methyl sites for hydroxylation is 1. The van der Waals surface area contributed by atoms with Crippen molar-refractivity contribution < 1.29 is 0 Å². The van der Waals surface area contributed by atoms with Crippen LogP contribution in [0.4, 0.5) is 0 Å². The van der Waals surface area contributed by atoms with E-state index in [1.165, 1.54) is 16.9 Å². The van der Waals surface area contributed by atoms with Crippen molar-refractivity contribution >= 4 is 11.8 Å². The maximum absolute atomic E-state index is 3.44. The molecule has 70 valence electrons. The van der Waals surface area contributed by atoms with Crippen molar-refractivity contribution in [1.29, 1.82) is 0 Å². The van der Waals surface area contributed by atoms with Gasteiger partial charge in [-0.1, -0.05) is 24.3 Å². The summed E-state index contributed by atoms with van der Waals surface area (Å²) in [5.41, 5.74) is 2.92. The van der Waals surface area contributed by atoms with Crippen LogP contribution in [0.5, 0.6) is 0 Å². The molecule has 1 N–H and O–H groups in total. The fourth-order valence-corrected chi connectivity index (χ4v) is 2.94. The Bertz CT molecular complexity index is 279.